The Morgan fingerprint density at radius 1 is 1.11 bits per heavy atom. The summed E-state index contributed by atoms with van der Waals surface area (Å²) in [4.78, 5) is 18.1. The van der Waals surface area contributed by atoms with Crippen LogP contribution in [0.2, 0.25) is 0 Å². The summed E-state index contributed by atoms with van der Waals surface area (Å²) in [6.07, 6.45) is 5.59. The molecule has 0 aliphatic carbocycles. The van der Waals surface area contributed by atoms with Crippen LogP contribution in [0.3, 0.4) is 0 Å². The SMILES string of the molecule is Fc1c(-c2cccc3[nH]ncc23)ncc2c(N3CCCOCC3)nc(OC[C@@]34CCCN3C[C@H](F)C4)nc12. The van der Waals surface area contributed by atoms with Crippen LogP contribution in [0.15, 0.2) is 30.6 Å². The molecule has 7 rings (SSSR count). The van der Waals surface area contributed by atoms with Crippen LogP contribution in [0.5, 0.6) is 6.01 Å². The number of hydrogen-bond donors (Lipinski definition) is 1. The minimum Gasteiger partial charge on any atom is -0.461 e. The summed E-state index contributed by atoms with van der Waals surface area (Å²) in [6.45, 7) is 4.12. The number of aromatic amines is 1. The molecule has 9 nitrogen and oxygen atoms in total. The monoisotopic (exact) mass is 521 g/mol. The van der Waals surface area contributed by atoms with Crippen molar-refractivity contribution < 1.29 is 18.3 Å². The van der Waals surface area contributed by atoms with E-state index < -0.39 is 12.0 Å². The van der Waals surface area contributed by atoms with Gasteiger partial charge in [-0.3, -0.25) is 15.0 Å². The summed E-state index contributed by atoms with van der Waals surface area (Å²) in [6, 6.07) is 5.64. The summed E-state index contributed by atoms with van der Waals surface area (Å²) in [7, 11) is 0. The molecule has 3 fully saturated rings. The molecule has 3 saturated heterocycles. The lowest BCUT2D eigenvalue weighted by Gasteiger charge is -2.31. The highest BCUT2D eigenvalue weighted by molar-refractivity contribution is 5.97. The molecule has 0 spiro atoms. The average Bonchev–Trinajstić information content (AvgIpc) is 3.55. The van der Waals surface area contributed by atoms with E-state index in [1.54, 1.807) is 12.4 Å². The lowest BCUT2D eigenvalue weighted by atomic mass is 9.95. The van der Waals surface area contributed by atoms with Crippen LogP contribution in [-0.2, 0) is 4.74 Å². The third-order valence-corrected chi connectivity index (χ3v) is 8.14. The Morgan fingerprint density at radius 2 is 2.05 bits per heavy atom. The molecule has 6 heterocycles. The van der Waals surface area contributed by atoms with Gasteiger partial charge in [-0.2, -0.15) is 15.1 Å². The van der Waals surface area contributed by atoms with E-state index in [0.717, 1.165) is 36.7 Å². The molecule has 1 N–H and O–H groups in total. The minimum atomic E-state index is -0.860. The van der Waals surface area contributed by atoms with E-state index in [1.807, 2.05) is 18.2 Å². The van der Waals surface area contributed by atoms with Crippen molar-refractivity contribution in [2.75, 3.05) is 50.9 Å². The Balaban J connectivity index is 1.32. The van der Waals surface area contributed by atoms with Gasteiger partial charge in [0, 0.05) is 49.8 Å². The Bertz CT molecular complexity index is 1490. The molecular weight excluding hydrogens is 492 g/mol. The van der Waals surface area contributed by atoms with Gasteiger partial charge in [0.1, 0.15) is 29.8 Å². The van der Waals surface area contributed by atoms with Gasteiger partial charge in [0.15, 0.2) is 5.82 Å². The maximum atomic E-state index is 16.3. The van der Waals surface area contributed by atoms with Gasteiger partial charge < -0.3 is 14.4 Å². The van der Waals surface area contributed by atoms with Crippen molar-refractivity contribution in [1.82, 2.24) is 30.0 Å². The molecule has 4 aromatic rings. The van der Waals surface area contributed by atoms with Gasteiger partial charge in [-0.05, 0) is 31.9 Å². The van der Waals surface area contributed by atoms with Gasteiger partial charge in [0.25, 0.3) is 0 Å². The number of fused-ring (bicyclic) bond motifs is 3. The van der Waals surface area contributed by atoms with Crippen molar-refractivity contribution >= 4 is 27.6 Å². The van der Waals surface area contributed by atoms with Crippen molar-refractivity contribution in [3.63, 3.8) is 0 Å². The quantitative estimate of drug-likeness (QED) is 0.423. The maximum Gasteiger partial charge on any atom is 0.319 e. The zero-order valence-corrected chi connectivity index (χ0v) is 21.0. The highest BCUT2D eigenvalue weighted by Gasteiger charge is 2.49. The number of nitrogens with zero attached hydrogens (tertiary/aromatic N) is 6. The first-order chi connectivity index (χ1) is 18.6. The van der Waals surface area contributed by atoms with E-state index in [1.165, 1.54) is 0 Å². The number of H-pyrrole nitrogens is 1. The lowest BCUT2D eigenvalue weighted by Crippen LogP contribution is -2.43. The molecule has 38 heavy (non-hydrogen) atoms. The fourth-order valence-corrected chi connectivity index (χ4v) is 6.30. The Morgan fingerprint density at radius 3 is 3.00 bits per heavy atom. The van der Waals surface area contributed by atoms with E-state index in [0.29, 0.717) is 56.0 Å². The van der Waals surface area contributed by atoms with Crippen molar-refractivity contribution in [3.05, 3.63) is 36.4 Å². The number of benzene rings is 1. The Kier molecular flexibility index (Phi) is 5.85. The largest absolute Gasteiger partial charge is 0.461 e. The molecule has 3 aliphatic rings. The van der Waals surface area contributed by atoms with Crippen molar-refractivity contribution in [2.24, 2.45) is 0 Å². The molecule has 3 aliphatic heterocycles. The fourth-order valence-electron chi connectivity index (χ4n) is 6.30. The van der Waals surface area contributed by atoms with Gasteiger partial charge in [-0.25, -0.2) is 8.78 Å². The number of rotatable bonds is 5. The molecule has 2 atom stereocenters. The predicted octanol–water partition coefficient (Wildman–Crippen LogP) is 3.89. The van der Waals surface area contributed by atoms with E-state index in [4.69, 9.17) is 14.5 Å². The van der Waals surface area contributed by atoms with Crippen molar-refractivity contribution in [1.29, 1.82) is 0 Å². The van der Waals surface area contributed by atoms with E-state index in [-0.39, 0.29) is 29.4 Å². The molecule has 0 saturated carbocycles. The molecule has 0 amide bonds. The Hall–Kier alpha value is -3.44. The van der Waals surface area contributed by atoms with Crippen LogP contribution in [0.1, 0.15) is 25.7 Å². The van der Waals surface area contributed by atoms with E-state index in [2.05, 4.69) is 30.0 Å². The minimum absolute atomic E-state index is 0.0961. The summed E-state index contributed by atoms with van der Waals surface area (Å²) in [5.41, 5.74) is 1.41. The number of alkyl halides is 1. The second-order valence-electron chi connectivity index (χ2n) is 10.5. The van der Waals surface area contributed by atoms with Crippen LogP contribution < -0.4 is 9.64 Å². The second-order valence-corrected chi connectivity index (χ2v) is 10.5. The number of hydrogen-bond acceptors (Lipinski definition) is 8. The fraction of sp³-hybridized carbons (Fsp3) is 0.481. The molecule has 3 aromatic heterocycles. The highest BCUT2D eigenvalue weighted by Crippen LogP contribution is 2.41. The number of nitrogens with one attached hydrogen (secondary N) is 1. The first-order valence-electron chi connectivity index (χ1n) is 13.2. The standard InChI is InChI=1S/C27H29F2N7O2/c28-17-12-27(6-2-8-36(27)15-17)16-38-26-32-24-20(25(33-26)35-7-3-10-37-11-9-35)13-30-23(22(24)29)18-4-1-5-21-19(18)14-31-34-21/h1,4-5,13-14,17H,2-3,6-12,15-16H2,(H,31,34)/t17-,27+/m1/s1. The van der Waals surface area contributed by atoms with E-state index >= 15 is 4.39 Å². The van der Waals surface area contributed by atoms with Crippen LogP contribution in [0, 0.1) is 5.82 Å². The van der Waals surface area contributed by atoms with Crippen molar-refractivity contribution in [3.8, 4) is 17.3 Å². The third kappa shape index (κ3) is 3.95. The predicted molar refractivity (Wildman–Crippen MR) is 139 cm³/mol. The molecule has 0 bridgehead atoms. The van der Waals surface area contributed by atoms with Gasteiger partial charge in [0.05, 0.1) is 29.2 Å². The summed E-state index contributed by atoms with van der Waals surface area (Å²) in [5.74, 6) is 0.0339. The lowest BCUT2D eigenvalue weighted by molar-refractivity contribution is 0.107. The summed E-state index contributed by atoms with van der Waals surface area (Å²) in [5, 5.41) is 8.32. The van der Waals surface area contributed by atoms with Crippen LogP contribution >= 0.6 is 0 Å². The van der Waals surface area contributed by atoms with Crippen LogP contribution in [0.4, 0.5) is 14.6 Å². The maximum absolute atomic E-state index is 16.3. The first-order valence-corrected chi connectivity index (χ1v) is 13.2. The van der Waals surface area contributed by atoms with Gasteiger partial charge in [-0.15, -0.1) is 0 Å². The molecule has 1 aromatic carbocycles. The smallest absolute Gasteiger partial charge is 0.319 e. The summed E-state index contributed by atoms with van der Waals surface area (Å²) < 4.78 is 42.4. The topological polar surface area (TPSA) is 92.3 Å². The van der Waals surface area contributed by atoms with Gasteiger partial charge in [0.2, 0.25) is 0 Å². The molecule has 0 unspecified atom stereocenters. The van der Waals surface area contributed by atoms with Gasteiger partial charge >= 0.3 is 6.01 Å². The van der Waals surface area contributed by atoms with Crippen LogP contribution in [-0.4, -0.2) is 87.8 Å². The average molecular weight is 522 g/mol. The second kappa shape index (κ2) is 9.39. The third-order valence-electron chi connectivity index (χ3n) is 8.14. The molecular formula is C27H29F2N7O2. The normalized spacial score (nSPS) is 24.3. The number of aromatic nitrogens is 5. The highest BCUT2D eigenvalue weighted by atomic mass is 19.1. The summed E-state index contributed by atoms with van der Waals surface area (Å²) >= 11 is 0. The number of anilines is 1. The molecule has 11 heteroatoms. The van der Waals surface area contributed by atoms with Gasteiger partial charge in [-0.1, -0.05) is 12.1 Å². The molecule has 198 valence electrons. The van der Waals surface area contributed by atoms with Crippen molar-refractivity contribution in [2.45, 2.75) is 37.4 Å². The molecule has 0 radical (unpaired) electrons. The Labute approximate surface area is 218 Å². The zero-order chi connectivity index (χ0) is 25.7. The number of pyridine rings is 1. The first kappa shape index (κ1) is 23.7. The van der Waals surface area contributed by atoms with E-state index in [9.17, 15) is 4.39 Å². The zero-order valence-electron chi connectivity index (χ0n) is 21.0. The number of ether oxygens (including phenoxy) is 2. The number of halogens is 2. The van der Waals surface area contributed by atoms with Crippen LogP contribution in [0.25, 0.3) is 33.1 Å².